The van der Waals surface area contributed by atoms with Crippen LogP contribution in [-0.4, -0.2) is 14.1 Å². The summed E-state index contributed by atoms with van der Waals surface area (Å²) >= 11 is 0. The van der Waals surface area contributed by atoms with Crippen molar-refractivity contribution in [1.29, 1.82) is 0 Å². The van der Waals surface area contributed by atoms with Crippen LogP contribution in [0, 0.1) is 0 Å². The van der Waals surface area contributed by atoms with Gasteiger partial charge in [-0.15, -0.1) is 0 Å². The lowest BCUT2D eigenvalue weighted by molar-refractivity contribution is 0.506. The minimum absolute atomic E-state index is 0.284. The standard InChI is InChI=1S/C13H21N/c1-6-13(2,3)11-8-7-9-12(10-11)14(4)5/h7-10H,6H2,1-5H3. The largest absolute Gasteiger partial charge is 0.378 e. The van der Waals surface area contributed by atoms with Crippen molar-refractivity contribution >= 4 is 5.69 Å². The molecule has 0 bridgehead atoms. The maximum absolute atomic E-state index is 2.29. The molecular weight excluding hydrogens is 170 g/mol. The Kier molecular flexibility index (Phi) is 3.20. The van der Waals surface area contributed by atoms with Crippen LogP contribution in [0.2, 0.25) is 0 Å². The summed E-state index contributed by atoms with van der Waals surface area (Å²) in [5.74, 6) is 0. The molecule has 0 heterocycles. The molecule has 0 spiro atoms. The van der Waals surface area contributed by atoms with Gasteiger partial charge in [0, 0.05) is 19.8 Å². The van der Waals surface area contributed by atoms with Crippen LogP contribution in [0.3, 0.4) is 0 Å². The predicted molar refractivity (Wildman–Crippen MR) is 64.1 cm³/mol. The molecule has 0 saturated carbocycles. The third kappa shape index (κ3) is 2.28. The van der Waals surface area contributed by atoms with E-state index in [1.807, 2.05) is 0 Å². The molecule has 78 valence electrons. The van der Waals surface area contributed by atoms with Crippen LogP contribution in [0.4, 0.5) is 5.69 Å². The second-order valence-electron chi connectivity index (χ2n) is 4.68. The SMILES string of the molecule is CCC(C)(C)c1cccc(N(C)C)c1. The van der Waals surface area contributed by atoms with E-state index in [1.54, 1.807) is 0 Å². The van der Waals surface area contributed by atoms with Crippen LogP contribution < -0.4 is 4.90 Å². The summed E-state index contributed by atoms with van der Waals surface area (Å²) in [6.07, 6.45) is 1.17. The van der Waals surface area contributed by atoms with Crippen molar-refractivity contribution in [3.05, 3.63) is 29.8 Å². The van der Waals surface area contributed by atoms with Gasteiger partial charge in [0.1, 0.15) is 0 Å². The normalized spacial score (nSPS) is 11.5. The molecule has 1 nitrogen and oxygen atoms in total. The Morgan fingerprint density at radius 2 is 1.86 bits per heavy atom. The summed E-state index contributed by atoms with van der Waals surface area (Å²) < 4.78 is 0. The Balaban J connectivity index is 3.05. The molecule has 0 unspecified atom stereocenters. The maximum atomic E-state index is 2.29. The highest BCUT2D eigenvalue weighted by molar-refractivity contribution is 5.48. The molecule has 0 aliphatic carbocycles. The van der Waals surface area contributed by atoms with Gasteiger partial charge in [0.05, 0.1) is 0 Å². The number of nitrogens with zero attached hydrogens (tertiary/aromatic N) is 1. The summed E-state index contributed by atoms with van der Waals surface area (Å²) in [5, 5.41) is 0. The fraction of sp³-hybridized carbons (Fsp3) is 0.538. The van der Waals surface area contributed by atoms with E-state index in [2.05, 4.69) is 64.0 Å². The molecule has 0 aromatic heterocycles. The molecule has 0 N–H and O–H groups in total. The number of rotatable bonds is 3. The summed E-state index contributed by atoms with van der Waals surface area (Å²) in [7, 11) is 4.16. The molecule has 0 aliphatic heterocycles. The fourth-order valence-corrected chi connectivity index (χ4v) is 1.41. The number of anilines is 1. The molecular formula is C13H21N. The van der Waals surface area contributed by atoms with Gasteiger partial charge >= 0.3 is 0 Å². The minimum Gasteiger partial charge on any atom is -0.378 e. The van der Waals surface area contributed by atoms with Gasteiger partial charge in [-0.05, 0) is 29.5 Å². The van der Waals surface area contributed by atoms with Gasteiger partial charge in [0.15, 0.2) is 0 Å². The highest BCUT2D eigenvalue weighted by Gasteiger charge is 2.17. The van der Waals surface area contributed by atoms with Crippen LogP contribution in [0.5, 0.6) is 0 Å². The van der Waals surface area contributed by atoms with Crippen molar-refractivity contribution in [3.63, 3.8) is 0 Å². The van der Waals surface area contributed by atoms with Crippen molar-refractivity contribution in [3.8, 4) is 0 Å². The lowest BCUT2D eigenvalue weighted by atomic mass is 9.82. The van der Waals surface area contributed by atoms with E-state index in [9.17, 15) is 0 Å². The molecule has 0 saturated heterocycles. The zero-order valence-electron chi connectivity index (χ0n) is 9.96. The molecule has 0 atom stereocenters. The third-order valence-electron chi connectivity index (χ3n) is 3.03. The Morgan fingerprint density at radius 3 is 2.36 bits per heavy atom. The molecule has 0 fully saturated rings. The van der Waals surface area contributed by atoms with E-state index in [-0.39, 0.29) is 5.41 Å². The second-order valence-corrected chi connectivity index (χ2v) is 4.68. The lowest BCUT2D eigenvalue weighted by Gasteiger charge is -2.25. The van der Waals surface area contributed by atoms with Crippen molar-refractivity contribution in [2.75, 3.05) is 19.0 Å². The summed E-state index contributed by atoms with van der Waals surface area (Å²) in [6, 6.07) is 8.79. The molecule has 0 radical (unpaired) electrons. The number of hydrogen-bond acceptors (Lipinski definition) is 1. The first kappa shape index (κ1) is 11.1. The molecule has 1 aromatic rings. The Morgan fingerprint density at radius 1 is 1.21 bits per heavy atom. The van der Waals surface area contributed by atoms with Gasteiger partial charge in [-0.1, -0.05) is 32.9 Å². The molecule has 1 aromatic carbocycles. The summed E-state index contributed by atoms with van der Waals surface area (Å²) in [4.78, 5) is 2.15. The van der Waals surface area contributed by atoms with Gasteiger partial charge in [-0.3, -0.25) is 0 Å². The van der Waals surface area contributed by atoms with Gasteiger partial charge in [0.2, 0.25) is 0 Å². The minimum atomic E-state index is 0.284. The van der Waals surface area contributed by atoms with Crippen molar-refractivity contribution in [2.45, 2.75) is 32.6 Å². The first-order valence-electron chi connectivity index (χ1n) is 5.25. The number of benzene rings is 1. The van der Waals surface area contributed by atoms with E-state index in [1.165, 1.54) is 17.7 Å². The van der Waals surface area contributed by atoms with Crippen molar-refractivity contribution in [2.24, 2.45) is 0 Å². The molecule has 1 rings (SSSR count). The lowest BCUT2D eigenvalue weighted by Crippen LogP contribution is -2.16. The third-order valence-corrected chi connectivity index (χ3v) is 3.03. The average molecular weight is 191 g/mol. The second kappa shape index (κ2) is 4.04. The highest BCUT2D eigenvalue weighted by atomic mass is 15.1. The monoisotopic (exact) mass is 191 g/mol. The maximum Gasteiger partial charge on any atom is 0.0363 e. The van der Waals surface area contributed by atoms with E-state index in [4.69, 9.17) is 0 Å². The molecule has 0 amide bonds. The van der Waals surface area contributed by atoms with E-state index >= 15 is 0 Å². The quantitative estimate of drug-likeness (QED) is 0.707. The molecule has 1 heteroatoms. The summed E-state index contributed by atoms with van der Waals surface area (Å²) in [5.41, 5.74) is 2.99. The predicted octanol–water partition coefficient (Wildman–Crippen LogP) is 3.44. The number of hydrogen-bond donors (Lipinski definition) is 0. The van der Waals surface area contributed by atoms with Crippen LogP contribution in [0.15, 0.2) is 24.3 Å². The van der Waals surface area contributed by atoms with Gasteiger partial charge in [-0.2, -0.15) is 0 Å². The Hall–Kier alpha value is -0.980. The van der Waals surface area contributed by atoms with Crippen LogP contribution in [0.1, 0.15) is 32.8 Å². The van der Waals surface area contributed by atoms with Crippen LogP contribution in [-0.2, 0) is 5.41 Å². The first-order chi connectivity index (χ1) is 6.47. The fourth-order valence-electron chi connectivity index (χ4n) is 1.41. The average Bonchev–Trinajstić information content (AvgIpc) is 2.18. The van der Waals surface area contributed by atoms with Gasteiger partial charge in [-0.25, -0.2) is 0 Å². The zero-order chi connectivity index (χ0) is 10.8. The van der Waals surface area contributed by atoms with Crippen molar-refractivity contribution < 1.29 is 0 Å². The highest BCUT2D eigenvalue weighted by Crippen LogP contribution is 2.28. The van der Waals surface area contributed by atoms with E-state index < -0.39 is 0 Å². The summed E-state index contributed by atoms with van der Waals surface area (Å²) in [6.45, 7) is 6.83. The van der Waals surface area contributed by atoms with Crippen LogP contribution >= 0.6 is 0 Å². The van der Waals surface area contributed by atoms with Gasteiger partial charge < -0.3 is 4.90 Å². The van der Waals surface area contributed by atoms with E-state index in [0.29, 0.717) is 0 Å². The first-order valence-corrected chi connectivity index (χ1v) is 5.25. The Labute approximate surface area is 87.7 Å². The zero-order valence-corrected chi connectivity index (χ0v) is 9.96. The van der Waals surface area contributed by atoms with E-state index in [0.717, 1.165) is 0 Å². The molecule has 14 heavy (non-hydrogen) atoms. The van der Waals surface area contributed by atoms with Crippen LogP contribution in [0.25, 0.3) is 0 Å². The molecule has 0 aliphatic rings. The topological polar surface area (TPSA) is 3.24 Å². The Bertz CT molecular complexity index is 300. The van der Waals surface area contributed by atoms with Gasteiger partial charge in [0.25, 0.3) is 0 Å². The van der Waals surface area contributed by atoms with Crippen molar-refractivity contribution in [1.82, 2.24) is 0 Å². The smallest absolute Gasteiger partial charge is 0.0363 e.